The molecule has 1 heterocycles. The van der Waals surface area contributed by atoms with E-state index in [0.717, 1.165) is 12.8 Å². The number of ether oxygens (including phenoxy) is 2. The Bertz CT molecular complexity index is 164. The van der Waals surface area contributed by atoms with Crippen molar-refractivity contribution in [3.63, 3.8) is 0 Å². The maximum atomic E-state index is 5.77. The van der Waals surface area contributed by atoms with Gasteiger partial charge in [0.1, 0.15) is 6.10 Å². The smallest absolute Gasteiger partial charge is 0.168 e. The first-order chi connectivity index (χ1) is 5.76. The molecule has 0 bridgehead atoms. The van der Waals surface area contributed by atoms with Gasteiger partial charge < -0.3 is 9.47 Å². The van der Waals surface area contributed by atoms with E-state index in [-0.39, 0.29) is 11.9 Å². The molecular formula is C9H15IO2. The van der Waals surface area contributed by atoms with Crippen LogP contribution in [0.5, 0.6) is 0 Å². The average Bonchev–Trinajstić information content (AvgIpc) is 2.50. The van der Waals surface area contributed by atoms with Gasteiger partial charge in [0, 0.05) is 0 Å². The summed E-state index contributed by atoms with van der Waals surface area (Å²) in [4.78, 5) is 0. The van der Waals surface area contributed by atoms with E-state index in [9.17, 15) is 0 Å². The highest BCUT2D eigenvalue weighted by molar-refractivity contribution is 14.1. The molecule has 0 aromatic heterocycles. The number of hydrogen-bond acceptors (Lipinski definition) is 2. The van der Waals surface area contributed by atoms with E-state index in [4.69, 9.17) is 9.47 Å². The van der Waals surface area contributed by atoms with Crippen LogP contribution in [0.25, 0.3) is 0 Å². The van der Waals surface area contributed by atoms with E-state index < -0.39 is 0 Å². The lowest BCUT2D eigenvalue weighted by Gasteiger charge is -2.24. The van der Waals surface area contributed by atoms with Gasteiger partial charge in [-0.15, -0.1) is 0 Å². The second kappa shape index (κ2) is 4.58. The summed E-state index contributed by atoms with van der Waals surface area (Å²) >= 11 is 2.20. The van der Waals surface area contributed by atoms with E-state index in [1.807, 2.05) is 10.2 Å². The summed E-state index contributed by atoms with van der Waals surface area (Å²) < 4.78 is 13.4. The lowest BCUT2D eigenvalue weighted by Crippen LogP contribution is -2.28. The van der Waals surface area contributed by atoms with Crippen LogP contribution in [0.1, 0.15) is 26.7 Å². The van der Waals surface area contributed by atoms with Crippen LogP contribution in [0.3, 0.4) is 0 Å². The summed E-state index contributed by atoms with van der Waals surface area (Å²) in [5.74, 6) is -0.305. The van der Waals surface area contributed by atoms with Gasteiger partial charge in [-0.25, -0.2) is 0 Å². The van der Waals surface area contributed by atoms with Crippen molar-refractivity contribution < 1.29 is 9.47 Å². The molecule has 12 heavy (non-hydrogen) atoms. The van der Waals surface area contributed by atoms with Crippen LogP contribution in [0.4, 0.5) is 0 Å². The van der Waals surface area contributed by atoms with Crippen molar-refractivity contribution in [2.45, 2.75) is 38.6 Å². The Morgan fingerprint density at radius 1 is 1.50 bits per heavy atom. The molecule has 1 atom stereocenters. The maximum Gasteiger partial charge on any atom is 0.168 e. The van der Waals surface area contributed by atoms with Gasteiger partial charge in [0.05, 0.1) is 6.61 Å². The van der Waals surface area contributed by atoms with Crippen molar-refractivity contribution in [2.24, 2.45) is 0 Å². The van der Waals surface area contributed by atoms with E-state index in [1.165, 1.54) is 0 Å². The van der Waals surface area contributed by atoms with Crippen LogP contribution in [-0.4, -0.2) is 18.5 Å². The van der Waals surface area contributed by atoms with Crippen molar-refractivity contribution in [3.8, 4) is 0 Å². The molecule has 0 spiro atoms. The molecule has 2 nitrogen and oxygen atoms in total. The summed E-state index contributed by atoms with van der Waals surface area (Å²) in [6.45, 7) is 4.89. The molecule has 0 radical (unpaired) electrons. The lowest BCUT2D eigenvalue weighted by atomic mass is 10.1. The van der Waals surface area contributed by atoms with Gasteiger partial charge in [-0.2, -0.15) is 0 Å². The van der Waals surface area contributed by atoms with Gasteiger partial charge >= 0.3 is 0 Å². The SMILES string of the molecule is CCC1(CC)OC[C@H](/C=C/I)O1. The lowest BCUT2D eigenvalue weighted by molar-refractivity contribution is -0.167. The molecular weight excluding hydrogens is 267 g/mol. The third-order valence-electron chi connectivity index (χ3n) is 2.24. The Balaban J connectivity index is 2.52. The van der Waals surface area contributed by atoms with Crippen LogP contribution in [0.15, 0.2) is 10.2 Å². The topological polar surface area (TPSA) is 18.5 Å². The minimum absolute atomic E-state index is 0.154. The Morgan fingerprint density at radius 2 is 2.17 bits per heavy atom. The van der Waals surface area contributed by atoms with Gasteiger partial charge in [0.2, 0.25) is 0 Å². The van der Waals surface area contributed by atoms with Gasteiger partial charge in [-0.3, -0.25) is 0 Å². The fraction of sp³-hybridized carbons (Fsp3) is 0.778. The van der Waals surface area contributed by atoms with Crippen LogP contribution < -0.4 is 0 Å². The monoisotopic (exact) mass is 282 g/mol. The molecule has 70 valence electrons. The minimum Gasteiger partial charge on any atom is -0.347 e. The van der Waals surface area contributed by atoms with Crippen molar-refractivity contribution in [2.75, 3.05) is 6.61 Å². The van der Waals surface area contributed by atoms with Crippen LogP contribution in [0.2, 0.25) is 0 Å². The highest BCUT2D eigenvalue weighted by atomic mass is 127. The Kier molecular flexibility index (Phi) is 3.99. The fourth-order valence-corrected chi connectivity index (χ4v) is 1.84. The van der Waals surface area contributed by atoms with Gasteiger partial charge in [0.25, 0.3) is 0 Å². The van der Waals surface area contributed by atoms with Crippen LogP contribution in [-0.2, 0) is 9.47 Å². The normalized spacial score (nSPS) is 28.4. The van der Waals surface area contributed by atoms with E-state index in [0.29, 0.717) is 6.61 Å². The Morgan fingerprint density at radius 3 is 2.58 bits per heavy atom. The predicted octanol–water partition coefficient (Wildman–Crippen LogP) is 2.87. The molecule has 1 saturated heterocycles. The third-order valence-corrected chi connectivity index (χ3v) is 2.66. The molecule has 1 rings (SSSR count). The van der Waals surface area contributed by atoms with E-state index >= 15 is 0 Å². The molecule has 0 saturated carbocycles. The summed E-state index contributed by atoms with van der Waals surface area (Å²) in [6.07, 6.45) is 4.04. The zero-order chi connectivity index (χ0) is 9.03. The number of hydrogen-bond donors (Lipinski definition) is 0. The Hall–Kier alpha value is 0.390. The third kappa shape index (κ3) is 2.20. The summed E-state index contributed by atoms with van der Waals surface area (Å²) in [5.41, 5.74) is 0. The van der Waals surface area contributed by atoms with Crippen molar-refractivity contribution in [1.82, 2.24) is 0 Å². The maximum absolute atomic E-state index is 5.77. The summed E-state index contributed by atoms with van der Waals surface area (Å²) in [7, 11) is 0. The van der Waals surface area contributed by atoms with Crippen LogP contribution in [0, 0.1) is 0 Å². The highest BCUT2D eigenvalue weighted by Crippen LogP contribution is 2.30. The van der Waals surface area contributed by atoms with E-state index in [1.54, 1.807) is 0 Å². The second-order valence-electron chi connectivity index (χ2n) is 2.90. The fourth-order valence-electron chi connectivity index (χ4n) is 1.37. The summed E-state index contributed by atoms with van der Waals surface area (Å²) in [5, 5.41) is 0. The zero-order valence-corrected chi connectivity index (χ0v) is 9.71. The first-order valence-corrected chi connectivity index (χ1v) is 5.59. The van der Waals surface area contributed by atoms with Crippen molar-refractivity contribution in [1.29, 1.82) is 0 Å². The second-order valence-corrected chi connectivity index (χ2v) is 3.62. The largest absolute Gasteiger partial charge is 0.347 e. The number of halogens is 1. The van der Waals surface area contributed by atoms with Gasteiger partial charge in [0.15, 0.2) is 5.79 Å². The van der Waals surface area contributed by atoms with Crippen LogP contribution >= 0.6 is 22.6 Å². The minimum atomic E-state index is -0.305. The Labute approximate surface area is 87.5 Å². The first kappa shape index (κ1) is 10.5. The average molecular weight is 282 g/mol. The molecule has 1 fully saturated rings. The molecule has 3 heteroatoms. The molecule has 1 aliphatic heterocycles. The predicted molar refractivity (Wildman–Crippen MR) is 57.3 cm³/mol. The molecule has 1 aliphatic rings. The molecule has 0 aromatic carbocycles. The first-order valence-electron chi connectivity index (χ1n) is 4.35. The van der Waals surface area contributed by atoms with Crippen molar-refractivity contribution in [3.05, 3.63) is 10.2 Å². The molecule has 0 aliphatic carbocycles. The summed E-state index contributed by atoms with van der Waals surface area (Å²) in [6, 6.07) is 0. The molecule has 0 amide bonds. The number of rotatable bonds is 3. The van der Waals surface area contributed by atoms with Gasteiger partial charge in [-0.05, 0) is 23.0 Å². The van der Waals surface area contributed by atoms with Gasteiger partial charge in [-0.1, -0.05) is 36.4 Å². The molecule has 0 aromatic rings. The molecule has 0 unspecified atom stereocenters. The zero-order valence-electron chi connectivity index (χ0n) is 7.55. The van der Waals surface area contributed by atoms with E-state index in [2.05, 4.69) is 36.4 Å². The molecule has 0 N–H and O–H groups in total. The standard InChI is InChI=1S/C9H15IO2/c1-3-9(4-2)11-7-8(12-9)5-6-10/h5-6,8H,3-4,7H2,1-2H3/b6-5+/t8-/m0/s1. The highest BCUT2D eigenvalue weighted by Gasteiger charge is 2.37. The quantitative estimate of drug-likeness (QED) is 0.741. The van der Waals surface area contributed by atoms with Crippen molar-refractivity contribution >= 4 is 22.6 Å².